The lowest BCUT2D eigenvalue weighted by Crippen LogP contribution is -2.46. The van der Waals surface area contributed by atoms with Gasteiger partial charge in [-0.15, -0.1) is 0 Å². The minimum Gasteiger partial charge on any atom is -0.466 e. The van der Waals surface area contributed by atoms with Gasteiger partial charge in [-0.2, -0.15) is 0 Å². The molecular formula is C17H24N4O4. The first-order valence-corrected chi connectivity index (χ1v) is 8.40. The summed E-state index contributed by atoms with van der Waals surface area (Å²) in [6.07, 6.45) is 1.49. The maximum Gasteiger partial charge on any atom is 0.309 e. The lowest BCUT2D eigenvalue weighted by molar-refractivity contribution is -0.384. The van der Waals surface area contributed by atoms with E-state index in [0.717, 1.165) is 37.5 Å². The van der Waals surface area contributed by atoms with Crippen molar-refractivity contribution in [3.63, 3.8) is 0 Å². The van der Waals surface area contributed by atoms with Gasteiger partial charge < -0.3 is 15.0 Å². The summed E-state index contributed by atoms with van der Waals surface area (Å²) < 4.78 is 5.08. The molecule has 1 fully saturated rings. The molecule has 0 saturated carbocycles. The first-order chi connectivity index (χ1) is 12.0. The molecule has 1 saturated heterocycles. The Morgan fingerprint density at radius 1 is 1.36 bits per heavy atom. The molecule has 0 unspecified atom stereocenters. The smallest absolute Gasteiger partial charge is 0.309 e. The largest absolute Gasteiger partial charge is 0.466 e. The molecule has 0 spiro atoms. The molecule has 1 heterocycles. The van der Waals surface area contributed by atoms with Crippen LogP contribution in [0.15, 0.2) is 29.3 Å². The molecule has 1 aliphatic rings. The number of aliphatic imine (C=N–C) groups is 1. The number of esters is 1. The van der Waals surface area contributed by atoms with Gasteiger partial charge in [-0.1, -0.05) is 12.1 Å². The number of nitrogens with zero attached hydrogens (tertiary/aromatic N) is 3. The van der Waals surface area contributed by atoms with Crippen molar-refractivity contribution in [1.82, 2.24) is 10.2 Å². The van der Waals surface area contributed by atoms with Gasteiger partial charge in [-0.05, 0) is 25.3 Å². The maximum absolute atomic E-state index is 11.8. The van der Waals surface area contributed by atoms with Crippen LogP contribution in [0, 0.1) is 16.0 Å². The van der Waals surface area contributed by atoms with E-state index in [4.69, 9.17) is 4.74 Å². The van der Waals surface area contributed by atoms with Gasteiger partial charge in [0.1, 0.15) is 0 Å². The van der Waals surface area contributed by atoms with Crippen molar-refractivity contribution in [1.29, 1.82) is 0 Å². The van der Waals surface area contributed by atoms with Crippen LogP contribution >= 0.6 is 0 Å². The molecule has 1 aromatic rings. The number of nitro groups is 1. The average molecular weight is 348 g/mol. The Kier molecular flexibility index (Phi) is 6.73. The van der Waals surface area contributed by atoms with Crippen LogP contribution in [0.3, 0.4) is 0 Å². The van der Waals surface area contributed by atoms with Crippen molar-refractivity contribution >= 4 is 17.6 Å². The predicted molar refractivity (Wildman–Crippen MR) is 94.2 cm³/mol. The molecule has 2 rings (SSSR count). The number of hydrogen-bond acceptors (Lipinski definition) is 5. The molecule has 1 N–H and O–H groups in total. The van der Waals surface area contributed by atoms with Crippen LogP contribution in [0.5, 0.6) is 0 Å². The number of hydrogen-bond donors (Lipinski definition) is 1. The standard InChI is InChI=1S/C17H24N4O4/c1-3-25-16(22)14-8-10-20(11-9-14)17(18-2)19-12-13-4-6-15(7-5-13)21(23)24/h4-7,14H,3,8-12H2,1-2H3,(H,18,19). The normalized spacial score (nSPS) is 15.8. The second-order valence-corrected chi connectivity index (χ2v) is 5.84. The van der Waals surface area contributed by atoms with E-state index in [1.54, 1.807) is 19.2 Å². The molecule has 0 radical (unpaired) electrons. The van der Waals surface area contributed by atoms with Gasteiger partial charge in [0, 0.05) is 38.8 Å². The van der Waals surface area contributed by atoms with Gasteiger partial charge in [-0.25, -0.2) is 0 Å². The van der Waals surface area contributed by atoms with Gasteiger partial charge in [0.05, 0.1) is 17.4 Å². The monoisotopic (exact) mass is 348 g/mol. The van der Waals surface area contributed by atoms with Crippen LogP contribution in [0.2, 0.25) is 0 Å². The Balaban J connectivity index is 1.85. The number of non-ortho nitro benzene ring substituents is 1. The molecular weight excluding hydrogens is 324 g/mol. The topological polar surface area (TPSA) is 97.1 Å². The molecule has 8 heteroatoms. The van der Waals surface area contributed by atoms with Crippen molar-refractivity contribution in [2.45, 2.75) is 26.3 Å². The summed E-state index contributed by atoms with van der Waals surface area (Å²) >= 11 is 0. The third-order valence-electron chi connectivity index (χ3n) is 4.22. The second-order valence-electron chi connectivity index (χ2n) is 5.84. The van der Waals surface area contributed by atoms with E-state index in [2.05, 4.69) is 15.2 Å². The van der Waals surface area contributed by atoms with E-state index < -0.39 is 4.92 Å². The number of nitro benzene ring substituents is 1. The van der Waals surface area contributed by atoms with Crippen LogP contribution in [-0.2, 0) is 16.1 Å². The minimum atomic E-state index is -0.413. The second kappa shape index (κ2) is 9.00. The zero-order valence-corrected chi connectivity index (χ0v) is 14.6. The van der Waals surface area contributed by atoms with Crippen LogP contribution in [0.4, 0.5) is 5.69 Å². The molecule has 1 aromatic carbocycles. The Hall–Kier alpha value is -2.64. The summed E-state index contributed by atoms with van der Waals surface area (Å²) in [6, 6.07) is 6.44. The van der Waals surface area contributed by atoms with E-state index in [1.807, 2.05) is 6.92 Å². The number of piperidine rings is 1. The number of benzene rings is 1. The summed E-state index contributed by atoms with van der Waals surface area (Å²) in [6.45, 7) is 4.24. The first-order valence-electron chi connectivity index (χ1n) is 8.40. The number of guanidine groups is 1. The highest BCUT2D eigenvalue weighted by Gasteiger charge is 2.27. The summed E-state index contributed by atoms with van der Waals surface area (Å²) in [5.41, 5.74) is 1.02. The number of likely N-dealkylation sites (tertiary alicyclic amines) is 1. The number of nitrogens with one attached hydrogen (secondary N) is 1. The highest BCUT2D eigenvalue weighted by Crippen LogP contribution is 2.19. The summed E-state index contributed by atoms with van der Waals surface area (Å²) in [4.78, 5) is 28.5. The molecule has 0 aliphatic carbocycles. The molecule has 25 heavy (non-hydrogen) atoms. The van der Waals surface area contributed by atoms with Gasteiger partial charge in [0.2, 0.25) is 0 Å². The van der Waals surface area contributed by atoms with Crippen molar-refractivity contribution < 1.29 is 14.5 Å². The van der Waals surface area contributed by atoms with Crippen LogP contribution < -0.4 is 5.32 Å². The lowest BCUT2D eigenvalue weighted by atomic mass is 9.97. The van der Waals surface area contributed by atoms with E-state index in [1.165, 1.54) is 12.1 Å². The van der Waals surface area contributed by atoms with Crippen LogP contribution in [0.1, 0.15) is 25.3 Å². The van der Waals surface area contributed by atoms with Crippen LogP contribution in [-0.4, -0.2) is 48.5 Å². The SMILES string of the molecule is CCOC(=O)C1CCN(C(=NC)NCc2ccc([N+](=O)[O-])cc2)CC1. The van der Waals surface area contributed by atoms with E-state index in [9.17, 15) is 14.9 Å². The van der Waals surface area contributed by atoms with Gasteiger partial charge >= 0.3 is 5.97 Å². The molecule has 136 valence electrons. The Morgan fingerprint density at radius 3 is 2.52 bits per heavy atom. The number of ether oxygens (including phenoxy) is 1. The quantitative estimate of drug-likeness (QED) is 0.287. The summed E-state index contributed by atoms with van der Waals surface area (Å²) in [5.74, 6) is 0.612. The van der Waals surface area contributed by atoms with Crippen molar-refractivity contribution in [2.24, 2.45) is 10.9 Å². The predicted octanol–water partition coefficient (Wildman–Crippen LogP) is 1.95. The van der Waals surface area contributed by atoms with Crippen LogP contribution in [0.25, 0.3) is 0 Å². The van der Waals surface area contributed by atoms with Gasteiger partial charge in [0.25, 0.3) is 5.69 Å². The first kappa shape index (κ1) is 18.7. The molecule has 8 nitrogen and oxygen atoms in total. The molecule has 0 amide bonds. The highest BCUT2D eigenvalue weighted by molar-refractivity contribution is 5.80. The van der Waals surface area contributed by atoms with Gasteiger partial charge in [-0.3, -0.25) is 19.9 Å². The summed E-state index contributed by atoms with van der Waals surface area (Å²) in [5, 5.41) is 13.9. The van der Waals surface area contributed by atoms with Gasteiger partial charge in [0.15, 0.2) is 5.96 Å². The molecule has 0 aromatic heterocycles. The van der Waals surface area contributed by atoms with E-state index >= 15 is 0 Å². The third kappa shape index (κ3) is 5.17. The van der Waals surface area contributed by atoms with E-state index in [-0.39, 0.29) is 17.6 Å². The number of rotatable bonds is 5. The fraction of sp³-hybridized carbons (Fsp3) is 0.529. The lowest BCUT2D eigenvalue weighted by Gasteiger charge is -2.33. The third-order valence-corrected chi connectivity index (χ3v) is 4.22. The summed E-state index contributed by atoms with van der Waals surface area (Å²) in [7, 11) is 1.72. The minimum absolute atomic E-state index is 0.0380. The zero-order valence-electron chi connectivity index (χ0n) is 14.6. The Morgan fingerprint density at radius 2 is 2.00 bits per heavy atom. The van der Waals surface area contributed by atoms with Crippen molar-refractivity contribution in [3.8, 4) is 0 Å². The zero-order chi connectivity index (χ0) is 18.2. The Bertz CT molecular complexity index is 622. The Labute approximate surface area is 147 Å². The number of carbonyl (C=O) groups is 1. The number of carbonyl (C=O) groups excluding carboxylic acids is 1. The van der Waals surface area contributed by atoms with Crippen molar-refractivity contribution in [2.75, 3.05) is 26.7 Å². The van der Waals surface area contributed by atoms with E-state index in [0.29, 0.717) is 13.2 Å². The molecule has 0 bridgehead atoms. The highest BCUT2D eigenvalue weighted by atomic mass is 16.6. The maximum atomic E-state index is 11.8. The molecule has 0 atom stereocenters. The molecule has 1 aliphatic heterocycles. The van der Waals surface area contributed by atoms with Crippen molar-refractivity contribution in [3.05, 3.63) is 39.9 Å². The average Bonchev–Trinajstić information content (AvgIpc) is 2.63. The fourth-order valence-corrected chi connectivity index (χ4v) is 2.84. The fourth-order valence-electron chi connectivity index (χ4n) is 2.84.